The predicted molar refractivity (Wildman–Crippen MR) is 86.4 cm³/mol. The lowest BCUT2D eigenvalue weighted by molar-refractivity contribution is 0.0314. The number of rotatable bonds is 7. The number of thiazole rings is 1. The maximum atomic E-state index is 13.2. The number of hydrogen-bond donors (Lipinski definition) is 1. The van der Waals surface area contributed by atoms with Gasteiger partial charge in [0.1, 0.15) is 0 Å². The summed E-state index contributed by atoms with van der Waals surface area (Å²) in [5.41, 5.74) is -0.0303. The second-order valence-electron chi connectivity index (χ2n) is 4.75. The second-order valence-corrected chi connectivity index (χ2v) is 5.61. The Morgan fingerprint density at radius 2 is 2.17 bits per heavy atom. The van der Waals surface area contributed by atoms with Gasteiger partial charge in [0.2, 0.25) is 5.78 Å². The number of esters is 1. The number of carbonyl (C=O) groups is 2. The number of halogens is 2. The minimum Gasteiger partial charge on any atom is -0.450 e. The number of hydrogen-bond acceptors (Lipinski definition) is 6. The summed E-state index contributed by atoms with van der Waals surface area (Å²) >= 11 is 1.21. The monoisotopic (exact) mass is 352 g/mol. The molecule has 0 spiro atoms. The summed E-state index contributed by atoms with van der Waals surface area (Å²) in [6.07, 6.45) is 0.482. The first-order valence-electron chi connectivity index (χ1n) is 6.93. The molecule has 0 saturated carbocycles. The lowest BCUT2D eigenvalue weighted by atomic mass is 10.1. The van der Waals surface area contributed by atoms with E-state index in [1.807, 2.05) is 0 Å². The summed E-state index contributed by atoms with van der Waals surface area (Å²) in [5, 5.41) is 4.92. The van der Waals surface area contributed by atoms with Gasteiger partial charge < -0.3 is 10.1 Å². The molecular formula is C16H14F2N2O3S. The number of nitrogens with one attached hydrogen (secondary N) is 1. The van der Waals surface area contributed by atoms with E-state index in [9.17, 15) is 18.4 Å². The largest absolute Gasteiger partial charge is 0.450 e. The number of benzene rings is 1. The van der Waals surface area contributed by atoms with E-state index < -0.39 is 29.5 Å². The van der Waals surface area contributed by atoms with E-state index >= 15 is 0 Å². The molecule has 0 bridgehead atoms. The number of Topliss-reactive ketones (excluding diaryl/α,β-unsaturated/α-hetero) is 1. The van der Waals surface area contributed by atoms with Gasteiger partial charge in [-0.1, -0.05) is 6.08 Å². The molecule has 1 atom stereocenters. The SMILES string of the molecule is C=CCNc1nc(C(=O)OC(C)C(=O)c2ccc(F)c(F)c2)cs1. The van der Waals surface area contributed by atoms with Gasteiger partial charge in [0.25, 0.3) is 0 Å². The maximum absolute atomic E-state index is 13.2. The van der Waals surface area contributed by atoms with Gasteiger partial charge in [0, 0.05) is 17.5 Å². The molecule has 5 nitrogen and oxygen atoms in total. The van der Waals surface area contributed by atoms with Crippen LogP contribution in [0.25, 0.3) is 0 Å². The lowest BCUT2D eigenvalue weighted by Crippen LogP contribution is -2.24. The third-order valence-electron chi connectivity index (χ3n) is 2.97. The molecule has 8 heteroatoms. The Labute approximate surface area is 141 Å². The van der Waals surface area contributed by atoms with Crippen LogP contribution in [0.5, 0.6) is 0 Å². The van der Waals surface area contributed by atoms with Gasteiger partial charge in [-0.25, -0.2) is 18.6 Å². The van der Waals surface area contributed by atoms with Gasteiger partial charge in [0.15, 0.2) is 28.6 Å². The molecule has 126 valence electrons. The van der Waals surface area contributed by atoms with Gasteiger partial charge in [0.05, 0.1) is 0 Å². The fourth-order valence-corrected chi connectivity index (χ4v) is 2.46. The Balaban J connectivity index is 2.02. The molecule has 0 amide bonds. The zero-order valence-electron chi connectivity index (χ0n) is 12.7. The summed E-state index contributed by atoms with van der Waals surface area (Å²) in [5.74, 6) is -3.61. The molecule has 2 rings (SSSR count). The molecule has 1 heterocycles. The average molecular weight is 352 g/mol. The standard InChI is InChI=1S/C16H14F2N2O3S/c1-3-6-19-16-20-13(8-24-16)15(22)23-9(2)14(21)10-4-5-11(17)12(18)7-10/h3-5,7-9H,1,6H2,2H3,(H,19,20). The van der Waals surface area contributed by atoms with E-state index in [0.29, 0.717) is 11.7 Å². The van der Waals surface area contributed by atoms with Crippen LogP contribution in [-0.4, -0.2) is 29.4 Å². The molecule has 2 aromatic rings. The molecule has 24 heavy (non-hydrogen) atoms. The van der Waals surface area contributed by atoms with Crippen LogP contribution >= 0.6 is 11.3 Å². The van der Waals surface area contributed by atoms with Crippen molar-refractivity contribution in [1.82, 2.24) is 4.98 Å². The van der Waals surface area contributed by atoms with E-state index in [2.05, 4.69) is 16.9 Å². The van der Waals surface area contributed by atoms with Crippen LogP contribution in [0.4, 0.5) is 13.9 Å². The van der Waals surface area contributed by atoms with Gasteiger partial charge in [-0.15, -0.1) is 17.9 Å². The minimum atomic E-state index is -1.16. The number of anilines is 1. The van der Waals surface area contributed by atoms with Gasteiger partial charge in [-0.3, -0.25) is 4.79 Å². The first-order valence-corrected chi connectivity index (χ1v) is 7.81. The Morgan fingerprint density at radius 1 is 1.42 bits per heavy atom. The first-order chi connectivity index (χ1) is 11.4. The zero-order valence-corrected chi connectivity index (χ0v) is 13.5. The quantitative estimate of drug-likeness (QED) is 0.470. The number of ketones is 1. The Morgan fingerprint density at radius 3 is 2.83 bits per heavy atom. The van der Waals surface area contributed by atoms with Crippen LogP contribution in [0.1, 0.15) is 27.8 Å². The molecule has 0 saturated heterocycles. The van der Waals surface area contributed by atoms with Gasteiger partial charge in [-0.2, -0.15) is 0 Å². The minimum absolute atomic E-state index is 0.0523. The van der Waals surface area contributed by atoms with Crippen LogP contribution < -0.4 is 5.32 Å². The Hall–Kier alpha value is -2.61. The molecular weight excluding hydrogens is 338 g/mol. The van der Waals surface area contributed by atoms with Crippen molar-refractivity contribution in [2.75, 3.05) is 11.9 Å². The Bertz CT molecular complexity index is 776. The van der Waals surface area contributed by atoms with Crippen molar-refractivity contribution in [3.63, 3.8) is 0 Å². The van der Waals surface area contributed by atoms with Crippen molar-refractivity contribution < 1.29 is 23.1 Å². The molecule has 0 aliphatic rings. The fraction of sp³-hybridized carbons (Fsp3) is 0.188. The summed E-state index contributed by atoms with van der Waals surface area (Å²) in [7, 11) is 0. The fourth-order valence-electron chi connectivity index (χ4n) is 1.77. The number of nitrogens with zero attached hydrogens (tertiary/aromatic N) is 1. The normalized spacial score (nSPS) is 11.6. The van der Waals surface area contributed by atoms with E-state index in [4.69, 9.17) is 4.74 Å². The highest BCUT2D eigenvalue weighted by atomic mass is 32.1. The van der Waals surface area contributed by atoms with Crippen molar-refractivity contribution in [1.29, 1.82) is 0 Å². The number of carbonyl (C=O) groups excluding carboxylic acids is 2. The van der Waals surface area contributed by atoms with Crippen LogP contribution in [0.2, 0.25) is 0 Å². The molecule has 1 unspecified atom stereocenters. The predicted octanol–water partition coefficient (Wildman–Crippen LogP) is 3.45. The van der Waals surface area contributed by atoms with E-state index in [-0.39, 0.29) is 11.3 Å². The van der Waals surface area contributed by atoms with Crippen LogP contribution in [0.3, 0.4) is 0 Å². The lowest BCUT2D eigenvalue weighted by Gasteiger charge is -2.11. The van der Waals surface area contributed by atoms with Crippen LogP contribution in [0.15, 0.2) is 36.2 Å². The third kappa shape index (κ3) is 4.23. The van der Waals surface area contributed by atoms with Crippen molar-refractivity contribution >= 4 is 28.2 Å². The molecule has 0 radical (unpaired) electrons. The highest BCUT2D eigenvalue weighted by molar-refractivity contribution is 7.13. The molecule has 0 fully saturated rings. The summed E-state index contributed by atoms with van der Waals surface area (Å²) < 4.78 is 31.1. The maximum Gasteiger partial charge on any atom is 0.358 e. The van der Waals surface area contributed by atoms with Crippen molar-refractivity contribution in [2.24, 2.45) is 0 Å². The zero-order chi connectivity index (χ0) is 17.7. The van der Waals surface area contributed by atoms with Gasteiger partial charge in [-0.05, 0) is 25.1 Å². The summed E-state index contributed by atoms with van der Waals surface area (Å²) in [6.45, 7) is 5.40. The smallest absolute Gasteiger partial charge is 0.358 e. The van der Waals surface area contributed by atoms with Gasteiger partial charge >= 0.3 is 5.97 Å². The Kier molecular flexibility index (Phi) is 5.75. The molecule has 1 N–H and O–H groups in total. The molecule has 0 aliphatic carbocycles. The van der Waals surface area contributed by atoms with Crippen molar-refractivity contribution in [2.45, 2.75) is 13.0 Å². The second kappa shape index (κ2) is 7.78. The highest BCUT2D eigenvalue weighted by Gasteiger charge is 2.22. The van der Waals surface area contributed by atoms with E-state index in [1.54, 1.807) is 6.08 Å². The first kappa shape index (κ1) is 17.7. The van der Waals surface area contributed by atoms with Crippen LogP contribution in [0, 0.1) is 11.6 Å². The van der Waals surface area contributed by atoms with E-state index in [0.717, 1.165) is 18.2 Å². The molecule has 1 aromatic heterocycles. The third-order valence-corrected chi connectivity index (χ3v) is 3.77. The average Bonchev–Trinajstić information content (AvgIpc) is 3.03. The number of ether oxygens (including phenoxy) is 1. The summed E-state index contributed by atoms with van der Waals surface area (Å²) in [4.78, 5) is 28.1. The number of aromatic nitrogens is 1. The molecule has 1 aromatic carbocycles. The molecule has 0 aliphatic heterocycles. The summed E-state index contributed by atoms with van der Waals surface area (Å²) in [6, 6.07) is 2.74. The topological polar surface area (TPSA) is 68.3 Å². The van der Waals surface area contributed by atoms with Crippen LogP contribution in [-0.2, 0) is 4.74 Å². The van der Waals surface area contributed by atoms with Crippen molar-refractivity contribution in [3.05, 3.63) is 59.1 Å². The highest BCUT2D eigenvalue weighted by Crippen LogP contribution is 2.17. The van der Waals surface area contributed by atoms with E-state index in [1.165, 1.54) is 23.6 Å². The van der Waals surface area contributed by atoms with Crippen molar-refractivity contribution in [3.8, 4) is 0 Å².